The van der Waals surface area contributed by atoms with Gasteiger partial charge in [-0.1, -0.05) is 6.92 Å². The maximum absolute atomic E-state index is 7.33. The van der Waals surface area contributed by atoms with Gasteiger partial charge in [0.25, 0.3) is 0 Å². The van der Waals surface area contributed by atoms with E-state index < -0.39 is 0 Å². The van der Waals surface area contributed by atoms with E-state index in [-0.39, 0.29) is 5.84 Å². The second-order valence-corrected chi connectivity index (χ2v) is 4.93. The number of nitrogen functional groups attached to an aromatic ring is 1. The van der Waals surface area contributed by atoms with Gasteiger partial charge in [-0.05, 0) is 46.3 Å². The smallest absolute Gasteiger partial charge is 0.123 e. The molecule has 0 aliphatic heterocycles. The van der Waals surface area contributed by atoms with Crippen molar-refractivity contribution in [3.8, 4) is 0 Å². The molecule has 1 aromatic carbocycles. The Hall–Kier alpha value is -0.480. The molecular weight excluding hydrogens is 260 g/mol. The fourth-order valence-electron chi connectivity index (χ4n) is 1.02. The third-order valence-corrected chi connectivity index (χ3v) is 3.56. The summed E-state index contributed by atoms with van der Waals surface area (Å²) >= 11 is 5.22. The molecule has 0 fully saturated rings. The Balaban J connectivity index is 2.83. The molecule has 76 valence electrons. The second kappa shape index (κ2) is 5.41. The summed E-state index contributed by atoms with van der Waals surface area (Å²) in [5, 5.41) is 7.33. The van der Waals surface area contributed by atoms with E-state index in [1.807, 2.05) is 30.0 Å². The van der Waals surface area contributed by atoms with Crippen molar-refractivity contribution in [3.05, 3.63) is 28.2 Å². The van der Waals surface area contributed by atoms with Gasteiger partial charge in [-0.15, -0.1) is 11.8 Å². The summed E-state index contributed by atoms with van der Waals surface area (Å²) < 4.78 is 0.895. The van der Waals surface area contributed by atoms with Crippen molar-refractivity contribution in [2.45, 2.75) is 18.2 Å². The van der Waals surface area contributed by atoms with Crippen LogP contribution in [0, 0.1) is 5.41 Å². The fraction of sp³-hybridized carbons (Fsp3) is 0.300. The molecule has 0 atom stereocenters. The van der Waals surface area contributed by atoms with E-state index in [9.17, 15) is 0 Å². The van der Waals surface area contributed by atoms with Crippen LogP contribution < -0.4 is 5.73 Å². The molecule has 1 rings (SSSR count). The van der Waals surface area contributed by atoms with Gasteiger partial charge in [0, 0.05) is 14.9 Å². The largest absolute Gasteiger partial charge is 0.384 e. The monoisotopic (exact) mass is 272 g/mol. The molecule has 1 aromatic rings. The Morgan fingerprint density at radius 1 is 1.57 bits per heavy atom. The lowest BCUT2D eigenvalue weighted by molar-refractivity contribution is 1.10. The summed E-state index contributed by atoms with van der Waals surface area (Å²) in [6, 6.07) is 5.89. The van der Waals surface area contributed by atoms with Gasteiger partial charge in [0.2, 0.25) is 0 Å². The van der Waals surface area contributed by atoms with E-state index in [0.717, 1.165) is 22.2 Å². The second-order valence-electron chi connectivity index (χ2n) is 2.90. The van der Waals surface area contributed by atoms with Crippen LogP contribution in [-0.2, 0) is 0 Å². The van der Waals surface area contributed by atoms with Crippen LogP contribution in [0.3, 0.4) is 0 Å². The van der Waals surface area contributed by atoms with E-state index in [2.05, 4.69) is 22.9 Å². The molecular formula is C10H13BrN2S. The summed E-state index contributed by atoms with van der Waals surface area (Å²) in [5.74, 6) is 1.22. The molecule has 0 aliphatic carbocycles. The number of nitrogens with one attached hydrogen (secondary N) is 1. The number of nitrogens with two attached hydrogens (primary N) is 1. The first-order valence-electron chi connectivity index (χ1n) is 4.42. The highest BCUT2D eigenvalue weighted by molar-refractivity contribution is 9.10. The zero-order chi connectivity index (χ0) is 10.6. The lowest BCUT2D eigenvalue weighted by atomic mass is 10.2. The molecule has 0 bridgehead atoms. The highest BCUT2D eigenvalue weighted by atomic mass is 79.9. The summed E-state index contributed by atoms with van der Waals surface area (Å²) in [6.07, 6.45) is 1.16. The third kappa shape index (κ3) is 3.03. The van der Waals surface area contributed by atoms with Crippen LogP contribution in [-0.4, -0.2) is 11.6 Å². The average molecular weight is 273 g/mol. The molecule has 14 heavy (non-hydrogen) atoms. The van der Waals surface area contributed by atoms with Crippen molar-refractivity contribution in [2.75, 3.05) is 5.75 Å². The number of hydrogen-bond donors (Lipinski definition) is 2. The van der Waals surface area contributed by atoms with Crippen molar-refractivity contribution in [1.82, 2.24) is 0 Å². The van der Waals surface area contributed by atoms with E-state index in [0.29, 0.717) is 0 Å². The van der Waals surface area contributed by atoms with E-state index in [4.69, 9.17) is 11.1 Å². The lowest BCUT2D eigenvalue weighted by Gasteiger charge is -2.05. The third-order valence-electron chi connectivity index (χ3n) is 1.70. The maximum atomic E-state index is 7.33. The zero-order valence-corrected chi connectivity index (χ0v) is 10.4. The number of halogens is 1. The topological polar surface area (TPSA) is 49.9 Å². The van der Waals surface area contributed by atoms with Crippen molar-refractivity contribution >= 4 is 33.5 Å². The minimum absolute atomic E-state index is 0.101. The summed E-state index contributed by atoms with van der Waals surface area (Å²) in [5.41, 5.74) is 6.17. The molecule has 0 unspecified atom stereocenters. The molecule has 0 aromatic heterocycles. The van der Waals surface area contributed by atoms with Crippen LogP contribution in [0.4, 0.5) is 0 Å². The molecule has 0 saturated heterocycles. The minimum Gasteiger partial charge on any atom is -0.384 e. The predicted molar refractivity (Wildman–Crippen MR) is 66.2 cm³/mol. The molecule has 4 heteroatoms. The SMILES string of the molecule is CCCSc1ccc(C(=N)N)c(Br)c1. The first-order valence-corrected chi connectivity index (χ1v) is 6.19. The normalized spacial score (nSPS) is 10.1. The summed E-state index contributed by atoms with van der Waals surface area (Å²) in [7, 11) is 0. The maximum Gasteiger partial charge on any atom is 0.123 e. The number of amidine groups is 1. The molecule has 0 heterocycles. The van der Waals surface area contributed by atoms with Gasteiger partial charge in [-0.2, -0.15) is 0 Å². The predicted octanol–water partition coefficient (Wildman–Crippen LogP) is 3.24. The average Bonchev–Trinajstić information content (AvgIpc) is 2.14. The minimum atomic E-state index is 0.101. The number of rotatable bonds is 4. The first-order chi connectivity index (χ1) is 6.65. The number of thioether (sulfide) groups is 1. The molecule has 2 nitrogen and oxygen atoms in total. The molecule has 0 radical (unpaired) electrons. The van der Waals surface area contributed by atoms with Gasteiger partial charge < -0.3 is 5.73 Å². The van der Waals surface area contributed by atoms with Gasteiger partial charge in [-0.3, -0.25) is 5.41 Å². The summed E-state index contributed by atoms with van der Waals surface area (Å²) in [6.45, 7) is 2.16. The van der Waals surface area contributed by atoms with Crippen LogP contribution in [0.2, 0.25) is 0 Å². The lowest BCUT2D eigenvalue weighted by Crippen LogP contribution is -2.11. The van der Waals surface area contributed by atoms with Crippen molar-refractivity contribution in [1.29, 1.82) is 5.41 Å². The zero-order valence-electron chi connectivity index (χ0n) is 8.01. The number of benzene rings is 1. The van der Waals surface area contributed by atoms with Gasteiger partial charge in [-0.25, -0.2) is 0 Å². The van der Waals surface area contributed by atoms with Crippen LogP contribution in [0.1, 0.15) is 18.9 Å². The van der Waals surface area contributed by atoms with Crippen LogP contribution in [0.5, 0.6) is 0 Å². The van der Waals surface area contributed by atoms with Crippen molar-refractivity contribution in [3.63, 3.8) is 0 Å². The Bertz CT molecular complexity index is 339. The molecule has 0 saturated carbocycles. The Kier molecular flexibility index (Phi) is 4.48. The van der Waals surface area contributed by atoms with Crippen LogP contribution >= 0.6 is 27.7 Å². The van der Waals surface area contributed by atoms with Crippen molar-refractivity contribution in [2.24, 2.45) is 5.73 Å². The van der Waals surface area contributed by atoms with Gasteiger partial charge in [0.15, 0.2) is 0 Å². The standard InChI is InChI=1S/C10H13BrN2S/c1-2-5-14-7-3-4-8(10(12)13)9(11)6-7/h3-4,6H,2,5H2,1H3,(H3,12,13). The van der Waals surface area contributed by atoms with E-state index in [1.54, 1.807) is 0 Å². The van der Waals surface area contributed by atoms with Crippen LogP contribution in [0.15, 0.2) is 27.6 Å². The number of hydrogen-bond acceptors (Lipinski definition) is 2. The van der Waals surface area contributed by atoms with Gasteiger partial charge in [0.05, 0.1) is 0 Å². The van der Waals surface area contributed by atoms with Crippen molar-refractivity contribution < 1.29 is 0 Å². The van der Waals surface area contributed by atoms with Gasteiger partial charge >= 0.3 is 0 Å². The Morgan fingerprint density at radius 3 is 2.79 bits per heavy atom. The Labute approximate surface area is 96.9 Å². The van der Waals surface area contributed by atoms with Gasteiger partial charge in [0.1, 0.15) is 5.84 Å². The Morgan fingerprint density at radius 2 is 2.29 bits per heavy atom. The molecule has 0 aliphatic rings. The highest BCUT2D eigenvalue weighted by Gasteiger charge is 2.03. The van der Waals surface area contributed by atoms with E-state index in [1.165, 1.54) is 4.90 Å². The molecule has 0 amide bonds. The fourth-order valence-corrected chi connectivity index (χ4v) is 2.57. The first kappa shape index (κ1) is 11.6. The quantitative estimate of drug-likeness (QED) is 0.502. The molecule has 0 spiro atoms. The van der Waals surface area contributed by atoms with Crippen LogP contribution in [0.25, 0.3) is 0 Å². The highest BCUT2D eigenvalue weighted by Crippen LogP contribution is 2.25. The van der Waals surface area contributed by atoms with E-state index >= 15 is 0 Å². The molecule has 3 N–H and O–H groups in total. The summed E-state index contributed by atoms with van der Waals surface area (Å²) in [4.78, 5) is 1.21.